The Hall–Kier alpha value is -3.77. The molecule has 37 heavy (non-hydrogen) atoms. The first-order valence-electron chi connectivity index (χ1n) is 10.9. The van der Waals surface area contributed by atoms with Crippen LogP contribution >= 0.6 is 27.5 Å². The van der Waals surface area contributed by atoms with Crippen LogP contribution < -0.4 is 25.5 Å². The minimum atomic E-state index is -0.781. The number of hydrogen-bond donors (Lipinski definition) is 4. The molecule has 0 aromatic heterocycles. The SMILES string of the molecule is CCOC(=O)C1=C(C)NC(=O)N[C@@H]1c1ccc(OCC(=O)N/N=C\c2cc(Br)cc(Cl)c2O)c(OC)c1. The number of hydrazone groups is 1. The van der Waals surface area contributed by atoms with Crippen molar-refractivity contribution in [3.8, 4) is 17.2 Å². The lowest BCUT2D eigenvalue weighted by Gasteiger charge is -2.28. The Morgan fingerprint density at radius 2 is 2.03 bits per heavy atom. The van der Waals surface area contributed by atoms with Gasteiger partial charge in [-0.05, 0) is 43.7 Å². The minimum Gasteiger partial charge on any atom is -0.506 e. The highest BCUT2D eigenvalue weighted by atomic mass is 79.9. The molecule has 0 radical (unpaired) electrons. The highest BCUT2D eigenvalue weighted by Gasteiger charge is 2.32. The van der Waals surface area contributed by atoms with Crippen LogP contribution in [-0.4, -0.2) is 49.6 Å². The molecule has 1 aliphatic heterocycles. The van der Waals surface area contributed by atoms with Gasteiger partial charge in [-0.25, -0.2) is 15.0 Å². The number of nitrogens with zero attached hydrogens (tertiary/aromatic N) is 1. The second-order valence-electron chi connectivity index (χ2n) is 7.61. The summed E-state index contributed by atoms with van der Waals surface area (Å²) >= 11 is 9.17. The van der Waals surface area contributed by atoms with Gasteiger partial charge in [0.2, 0.25) is 0 Å². The van der Waals surface area contributed by atoms with Gasteiger partial charge >= 0.3 is 12.0 Å². The van der Waals surface area contributed by atoms with Gasteiger partial charge in [0.25, 0.3) is 5.91 Å². The minimum absolute atomic E-state index is 0.130. The van der Waals surface area contributed by atoms with Crippen molar-refractivity contribution in [3.63, 3.8) is 0 Å². The van der Waals surface area contributed by atoms with Crippen molar-refractivity contribution >= 4 is 51.7 Å². The Balaban J connectivity index is 1.70. The van der Waals surface area contributed by atoms with Crippen molar-refractivity contribution < 1.29 is 33.7 Å². The van der Waals surface area contributed by atoms with Crippen LogP contribution in [0.1, 0.15) is 31.0 Å². The maximum atomic E-state index is 12.5. The molecule has 0 unspecified atom stereocenters. The van der Waals surface area contributed by atoms with Crippen LogP contribution in [0.3, 0.4) is 0 Å². The predicted octanol–water partition coefficient (Wildman–Crippen LogP) is 3.54. The average Bonchev–Trinajstić information content (AvgIpc) is 2.85. The Morgan fingerprint density at radius 1 is 1.27 bits per heavy atom. The summed E-state index contributed by atoms with van der Waals surface area (Å²) in [6.45, 7) is 3.08. The fraction of sp³-hybridized carbons (Fsp3) is 0.250. The molecule has 0 fully saturated rings. The average molecular weight is 596 g/mol. The molecular weight excluding hydrogens is 572 g/mol. The van der Waals surface area contributed by atoms with E-state index in [0.29, 0.717) is 21.3 Å². The zero-order valence-electron chi connectivity index (χ0n) is 20.1. The third kappa shape index (κ3) is 6.92. The quantitative estimate of drug-likeness (QED) is 0.197. The molecular formula is C24H24BrClN4O7. The number of aromatic hydroxyl groups is 1. The van der Waals surface area contributed by atoms with E-state index in [1.165, 1.54) is 19.4 Å². The number of ether oxygens (including phenoxy) is 3. The van der Waals surface area contributed by atoms with E-state index in [9.17, 15) is 19.5 Å². The van der Waals surface area contributed by atoms with Crippen molar-refractivity contribution in [1.29, 1.82) is 0 Å². The lowest BCUT2D eigenvalue weighted by molar-refractivity contribution is -0.139. The third-order valence-electron chi connectivity index (χ3n) is 5.09. The van der Waals surface area contributed by atoms with Gasteiger partial charge in [0.1, 0.15) is 5.75 Å². The van der Waals surface area contributed by atoms with E-state index in [2.05, 4.69) is 37.1 Å². The number of halogens is 2. The first-order valence-corrected chi connectivity index (χ1v) is 12.1. The number of carbonyl (C=O) groups is 3. The number of benzene rings is 2. The molecule has 0 saturated heterocycles. The van der Waals surface area contributed by atoms with E-state index in [-0.39, 0.29) is 34.5 Å². The van der Waals surface area contributed by atoms with E-state index in [1.54, 1.807) is 38.1 Å². The highest BCUT2D eigenvalue weighted by Crippen LogP contribution is 2.34. The number of methoxy groups -OCH3 is 1. The van der Waals surface area contributed by atoms with Crippen molar-refractivity contribution in [2.45, 2.75) is 19.9 Å². The van der Waals surface area contributed by atoms with E-state index in [0.717, 1.165) is 0 Å². The molecule has 0 bridgehead atoms. The molecule has 1 heterocycles. The van der Waals surface area contributed by atoms with Crippen molar-refractivity contribution in [3.05, 3.63) is 62.2 Å². The van der Waals surface area contributed by atoms with Crippen LogP contribution in [0.15, 0.2) is 51.2 Å². The fourth-order valence-electron chi connectivity index (χ4n) is 3.44. The number of nitrogens with one attached hydrogen (secondary N) is 3. The van der Waals surface area contributed by atoms with E-state index >= 15 is 0 Å². The molecule has 0 spiro atoms. The second-order valence-corrected chi connectivity index (χ2v) is 8.93. The van der Waals surface area contributed by atoms with Crippen LogP contribution in [0.5, 0.6) is 17.2 Å². The smallest absolute Gasteiger partial charge is 0.338 e. The number of amides is 3. The van der Waals surface area contributed by atoms with Crippen LogP contribution in [0.4, 0.5) is 4.79 Å². The Bertz CT molecular complexity index is 1280. The van der Waals surface area contributed by atoms with Gasteiger partial charge < -0.3 is 30.0 Å². The van der Waals surface area contributed by atoms with Gasteiger partial charge in [0.15, 0.2) is 18.1 Å². The van der Waals surface area contributed by atoms with E-state index in [1.807, 2.05) is 0 Å². The van der Waals surface area contributed by atoms with Crippen molar-refractivity contribution in [2.75, 3.05) is 20.3 Å². The number of urea groups is 1. The van der Waals surface area contributed by atoms with Gasteiger partial charge in [-0.15, -0.1) is 0 Å². The summed E-state index contributed by atoms with van der Waals surface area (Å²) in [5.41, 5.74) is 3.77. The Morgan fingerprint density at radius 3 is 2.73 bits per heavy atom. The Labute approximate surface area is 225 Å². The molecule has 196 valence electrons. The molecule has 11 nitrogen and oxygen atoms in total. The van der Waals surface area contributed by atoms with Crippen LogP contribution in [-0.2, 0) is 14.3 Å². The molecule has 4 N–H and O–H groups in total. The zero-order chi connectivity index (χ0) is 27.1. The topological polar surface area (TPSA) is 148 Å². The molecule has 1 atom stereocenters. The molecule has 3 amide bonds. The third-order valence-corrected chi connectivity index (χ3v) is 5.84. The normalized spacial score (nSPS) is 15.2. The lowest BCUT2D eigenvalue weighted by atomic mass is 9.95. The largest absolute Gasteiger partial charge is 0.506 e. The fourth-order valence-corrected chi connectivity index (χ4v) is 4.27. The van der Waals surface area contributed by atoms with Crippen LogP contribution in [0.25, 0.3) is 0 Å². The first-order chi connectivity index (χ1) is 17.6. The number of rotatable bonds is 9. The van der Waals surface area contributed by atoms with Crippen LogP contribution in [0.2, 0.25) is 5.02 Å². The molecule has 1 aliphatic rings. The second kappa shape index (κ2) is 12.5. The number of esters is 1. The maximum Gasteiger partial charge on any atom is 0.338 e. The summed E-state index contributed by atoms with van der Waals surface area (Å²) in [6, 6.07) is 6.63. The number of phenols is 1. The molecule has 0 saturated carbocycles. The Kier molecular flexibility index (Phi) is 9.36. The standard InChI is InChI=1S/C24H24BrClN4O7/c1-4-36-23(33)20-12(2)28-24(34)29-21(20)13-5-6-17(18(8-13)35-3)37-11-19(31)30-27-10-14-7-15(25)9-16(26)22(14)32/h5-10,21,32H,4,11H2,1-3H3,(H,30,31)(H2,28,29,34)/b27-10-/t21-/m1/s1. The van der Waals surface area contributed by atoms with Crippen molar-refractivity contribution in [2.24, 2.45) is 5.10 Å². The van der Waals surface area contributed by atoms with Crippen molar-refractivity contribution in [1.82, 2.24) is 16.1 Å². The predicted molar refractivity (Wildman–Crippen MR) is 139 cm³/mol. The summed E-state index contributed by atoms with van der Waals surface area (Å²) in [6.07, 6.45) is 1.24. The number of phenolic OH excluding ortho intramolecular Hbond substituents is 1. The molecule has 13 heteroatoms. The summed E-state index contributed by atoms with van der Waals surface area (Å²) in [5.74, 6) is -0.786. The summed E-state index contributed by atoms with van der Waals surface area (Å²) in [5, 5.41) is 19.2. The first kappa shape index (κ1) is 27.8. The monoisotopic (exact) mass is 594 g/mol. The van der Waals surface area contributed by atoms with E-state index < -0.39 is 30.6 Å². The molecule has 2 aromatic carbocycles. The molecule has 3 rings (SSSR count). The van der Waals surface area contributed by atoms with Gasteiger partial charge in [-0.2, -0.15) is 5.10 Å². The van der Waals surface area contributed by atoms with Gasteiger partial charge in [-0.3, -0.25) is 4.79 Å². The zero-order valence-corrected chi connectivity index (χ0v) is 22.4. The van der Waals surface area contributed by atoms with Gasteiger partial charge in [0.05, 0.1) is 36.6 Å². The number of hydrogen-bond acceptors (Lipinski definition) is 8. The highest BCUT2D eigenvalue weighted by molar-refractivity contribution is 9.10. The van der Waals surface area contributed by atoms with Gasteiger partial charge in [-0.1, -0.05) is 33.6 Å². The molecule has 2 aromatic rings. The summed E-state index contributed by atoms with van der Waals surface area (Å²) in [4.78, 5) is 36.8. The van der Waals surface area contributed by atoms with E-state index in [4.69, 9.17) is 25.8 Å². The van der Waals surface area contributed by atoms with Crippen LogP contribution in [0, 0.1) is 0 Å². The number of allylic oxidation sites excluding steroid dienone is 1. The molecule has 0 aliphatic carbocycles. The summed E-state index contributed by atoms with van der Waals surface area (Å²) < 4.78 is 16.7. The maximum absolute atomic E-state index is 12.5. The number of carbonyl (C=O) groups excluding carboxylic acids is 3. The lowest BCUT2D eigenvalue weighted by Crippen LogP contribution is -2.45. The summed E-state index contributed by atoms with van der Waals surface area (Å²) in [7, 11) is 1.42. The van der Waals surface area contributed by atoms with Gasteiger partial charge in [0, 0.05) is 15.7 Å².